The highest BCUT2D eigenvalue weighted by atomic mass is 16.4. The fourth-order valence-corrected chi connectivity index (χ4v) is 2.70. The molecule has 0 spiro atoms. The van der Waals surface area contributed by atoms with Crippen molar-refractivity contribution in [2.24, 2.45) is 5.41 Å². The Hall–Kier alpha value is -2.02. The lowest BCUT2D eigenvalue weighted by Crippen LogP contribution is -2.26. The fourth-order valence-electron chi connectivity index (χ4n) is 2.70. The van der Waals surface area contributed by atoms with E-state index in [1.54, 1.807) is 12.1 Å². The minimum absolute atomic E-state index is 0.167. The van der Waals surface area contributed by atoms with Gasteiger partial charge in [0.05, 0.1) is 16.8 Å². The van der Waals surface area contributed by atoms with Gasteiger partial charge in [0.25, 0.3) is 0 Å². The standard InChI is InChI=1S/C16H20N2O2/c1-16(2)6-3-8-18(9-7-16)14-5-4-12(15(19)20)10-13(14)11-17/h4-5,10H,3,6-9H2,1-2H3,(H,19,20). The van der Waals surface area contributed by atoms with Crippen LogP contribution in [-0.4, -0.2) is 24.2 Å². The molecule has 0 aliphatic carbocycles. The van der Waals surface area contributed by atoms with E-state index in [0.29, 0.717) is 11.0 Å². The van der Waals surface area contributed by atoms with E-state index < -0.39 is 5.97 Å². The Balaban J connectivity index is 2.29. The van der Waals surface area contributed by atoms with Crippen LogP contribution in [0.1, 0.15) is 49.0 Å². The SMILES string of the molecule is CC1(C)CCCN(c2ccc(C(=O)O)cc2C#N)CC1. The second kappa shape index (κ2) is 5.54. The molecular formula is C16H20N2O2. The minimum Gasteiger partial charge on any atom is -0.478 e. The van der Waals surface area contributed by atoms with Gasteiger partial charge in [0.1, 0.15) is 6.07 Å². The predicted octanol–water partition coefficient (Wildman–Crippen LogP) is 3.27. The highest BCUT2D eigenvalue weighted by Gasteiger charge is 2.24. The average molecular weight is 272 g/mol. The topological polar surface area (TPSA) is 64.3 Å². The molecular weight excluding hydrogens is 252 g/mol. The van der Waals surface area contributed by atoms with E-state index in [1.807, 2.05) is 0 Å². The molecule has 1 aromatic rings. The van der Waals surface area contributed by atoms with Crippen molar-refractivity contribution < 1.29 is 9.90 Å². The molecule has 4 nitrogen and oxygen atoms in total. The van der Waals surface area contributed by atoms with Gasteiger partial charge < -0.3 is 10.0 Å². The molecule has 20 heavy (non-hydrogen) atoms. The normalized spacial score (nSPS) is 18.1. The molecule has 1 aromatic carbocycles. The van der Waals surface area contributed by atoms with Crippen LogP contribution in [0.25, 0.3) is 0 Å². The van der Waals surface area contributed by atoms with E-state index in [4.69, 9.17) is 5.11 Å². The first-order valence-electron chi connectivity index (χ1n) is 6.95. The molecule has 1 saturated heterocycles. The van der Waals surface area contributed by atoms with Crippen molar-refractivity contribution in [2.75, 3.05) is 18.0 Å². The van der Waals surface area contributed by atoms with Crippen LogP contribution >= 0.6 is 0 Å². The Bertz CT molecular complexity index is 558. The number of benzene rings is 1. The second-order valence-corrected chi connectivity index (χ2v) is 6.15. The number of nitriles is 1. The lowest BCUT2D eigenvalue weighted by atomic mass is 9.85. The quantitative estimate of drug-likeness (QED) is 0.897. The van der Waals surface area contributed by atoms with Gasteiger partial charge in [-0.1, -0.05) is 13.8 Å². The van der Waals surface area contributed by atoms with Crippen molar-refractivity contribution >= 4 is 11.7 Å². The highest BCUT2D eigenvalue weighted by molar-refractivity contribution is 5.89. The molecule has 1 aliphatic rings. The first-order valence-corrected chi connectivity index (χ1v) is 6.95. The van der Waals surface area contributed by atoms with Crippen molar-refractivity contribution in [3.05, 3.63) is 29.3 Å². The summed E-state index contributed by atoms with van der Waals surface area (Å²) in [6.07, 6.45) is 3.36. The van der Waals surface area contributed by atoms with Gasteiger partial charge in [-0.05, 0) is 42.9 Å². The number of rotatable bonds is 2. The smallest absolute Gasteiger partial charge is 0.335 e. The third-order valence-electron chi connectivity index (χ3n) is 4.04. The largest absolute Gasteiger partial charge is 0.478 e. The number of hydrogen-bond donors (Lipinski definition) is 1. The zero-order chi connectivity index (χ0) is 14.8. The first-order chi connectivity index (χ1) is 9.43. The molecule has 1 N–H and O–H groups in total. The number of carbonyl (C=O) groups is 1. The zero-order valence-electron chi connectivity index (χ0n) is 12.0. The van der Waals surface area contributed by atoms with Crippen LogP contribution in [0.2, 0.25) is 0 Å². The summed E-state index contributed by atoms with van der Waals surface area (Å²) in [5.41, 5.74) is 1.81. The molecule has 0 saturated carbocycles. The van der Waals surface area contributed by atoms with Crippen LogP contribution in [0.3, 0.4) is 0 Å². The summed E-state index contributed by atoms with van der Waals surface area (Å²) in [5.74, 6) is -0.995. The number of hydrogen-bond acceptors (Lipinski definition) is 3. The first kappa shape index (κ1) is 14.4. The van der Waals surface area contributed by atoms with Crippen LogP contribution in [0.5, 0.6) is 0 Å². The molecule has 0 radical (unpaired) electrons. The summed E-state index contributed by atoms with van der Waals surface area (Å²) in [6, 6.07) is 6.93. The number of aromatic carboxylic acids is 1. The summed E-state index contributed by atoms with van der Waals surface area (Å²) in [6.45, 7) is 6.38. The Morgan fingerprint density at radius 3 is 2.75 bits per heavy atom. The molecule has 1 fully saturated rings. The average Bonchev–Trinajstić information content (AvgIpc) is 2.59. The minimum atomic E-state index is -0.995. The number of carboxylic acids is 1. The van der Waals surface area contributed by atoms with Gasteiger partial charge in [-0.2, -0.15) is 5.26 Å². The van der Waals surface area contributed by atoms with Gasteiger partial charge in [0.2, 0.25) is 0 Å². The lowest BCUT2D eigenvalue weighted by Gasteiger charge is -2.25. The molecule has 0 atom stereocenters. The summed E-state index contributed by atoms with van der Waals surface area (Å²) >= 11 is 0. The van der Waals surface area contributed by atoms with Crippen molar-refractivity contribution in [1.29, 1.82) is 5.26 Å². The Kier molecular flexibility index (Phi) is 3.99. The van der Waals surface area contributed by atoms with Gasteiger partial charge in [0, 0.05) is 13.1 Å². The zero-order valence-corrected chi connectivity index (χ0v) is 12.0. The molecule has 1 heterocycles. The van der Waals surface area contributed by atoms with E-state index >= 15 is 0 Å². The van der Waals surface area contributed by atoms with Crippen LogP contribution in [0.15, 0.2) is 18.2 Å². The summed E-state index contributed by atoms with van der Waals surface area (Å²) < 4.78 is 0. The van der Waals surface area contributed by atoms with Crippen LogP contribution in [-0.2, 0) is 0 Å². The maximum atomic E-state index is 11.0. The predicted molar refractivity (Wildman–Crippen MR) is 78.0 cm³/mol. The molecule has 0 unspecified atom stereocenters. The van der Waals surface area contributed by atoms with E-state index in [2.05, 4.69) is 24.8 Å². The molecule has 0 amide bonds. The monoisotopic (exact) mass is 272 g/mol. The van der Waals surface area contributed by atoms with Crippen molar-refractivity contribution in [1.82, 2.24) is 0 Å². The van der Waals surface area contributed by atoms with Crippen molar-refractivity contribution in [3.63, 3.8) is 0 Å². The molecule has 0 bridgehead atoms. The fraction of sp³-hybridized carbons (Fsp3) is 0.500. The van der Waals surface area contributed by atoms with Crippen LogP contribution in [0.4, 0.5) is 5.69 Å². The Morgan fingerprint density at radius 1 is 1.35 bits per heavy atom. The molecule has 106 valence electrons. The van der Waals surface area contributed by atoms with Gasteiger partial charge in [-0.25, -0.2) is 4.79 Å². The van der Waals surface area contributed by atoms with Crippen LogP contribution < -0.4 is 4.90 Å². The maximum Gasteiger partial charge on any atom is 0.335 e. The van der Waals surface area contributed by atoms with Gasteiger partial charge >= 0.3 is 5.97 Å². The third kappa shape index (κ3) is 3.11. The number of nitrogens with zero attached hydrogens (tertiary/aromatic N) is 2. The van der Waals surface area contributed by atoms with Crippen LogP contribution in [0, 0.1) is 16.7 Å². The number of carboxylic acid groups (broad SMARTS) is 1. The molecule has 2 rings (SSSR count). The van der Waals surface area contributed by atoms with Gasteiger partial charge in [-0.15, -0.1) is 0 Å². The second-order valence-electron chi connectivity index (χ2n) is 6.15. The molecule has 1 aliphatic heterocycles. The van der Waals surface area contributed by atoms with E-state index in [-0.39, 0.29) is 5.56 Å². The maximum absolute atomic E-state index is 11.0. The number of anilines is 1. The summed E-state index contributed by atoms with van der Waals surface area (Å²) in [5, 5.41) is 18.3. The van der Waals surface area contributed by atoms with Gasteiger partial charge in [0.15, 0.2) is 0 Å². The van der Waals surface area contributed by atoms with Gasteiger partial charge in [-0.3, -0.25) is 0 Å². The third-order valence-corrected chi connectivity index (χ3v) is 4.04. The van der Waals surface area contributed by atoms with Crippen molar-refractivity contribution in [3.8, 4) is 6.07 Å². The van der Waals surface area contributed by atoms with Crippen molar-refractivity contribution in [2.45, 2.75) is 33.1 Å². The lowest BCUT2D eigenvalue weighted by molar-refractivity contribution is 0.0697. The summed E-state index contributed by atoms with van der Waals surface area (Å²) in [4.78, 5) is 13.2. The Labute approximate surface area is 119 Å². The van der Waals surface area contributed by atoms with E-state index in [0.717, 1.165) is 31.6 Å². The Morgan fingerprint density at radius 2 is 2.10 bits per heavy atom. The molecule has 0 aromatic heterocycles. The highest BCUT2D eigenvalue weighted by Crippen LogP contribution is 2.32. The van der Waals surface area contributed by atoms with E-state index in [9.17, 15) is 10.1 Å². The summed E-state index contributed by atoms with van der Waals surface area (Å²) in [7, 11) is 0. The van der Waals surface area contributed by atoms with E-state index in [1.165, 1.54) is 12.5 Å². The molecule has 4 heteroatoms.